The first-order valence-corrected chi connectivity index (χ1v) is 29.0. The Hall–Kier alpha value is -6.66. The Morgan fingerprint density at radius 2 is 0.463 bits per heavy atom. The van der Waals surface area contributed by atoms with Crippen LogP contribution in [0.15, 0.2) is 97.1 Å². The van der Waals surface area contributed by atoms with Gasteiger partial charge in [-0.1, -0.05) is 227 Å². The van der Waals surface area contributed by atoms with Crippen LogP contribution in [0.1, 0.15) is 236 Å². The lowest BCUT2D eigenvalue weighted by Crippen LogP contribution is -2.16. The molecule has 6 nitrogen and oxygen atoms in total. The topological polar surface area (TPSA) is 110 Å². The number of phenolic OH excluding ortho intramolecular Hbond substituents is 5. The van der Waals surface area contributed by atoms with Crippen molar-refractivity contribution in [1.29, 1.82) is 0 Å². The standard InChI is InChI=1S/C74H92O6/c1-43-20-22-44(23-21-43)42-80-68-55-28-53-38-60(72(11,12)13)36-51(66(53)78)26-49-34-58(70(5,6)7)32-47(64(49)76)24-45-30-57(69(2,3)4)31-46(63(45)75)25-48-33-59(71(8,9)10)35-50(65(48)77)27-52-37-61(73(14,15)16)39-54(67(52)79)29-56(68)41-62(40-55)74(17,18)19/h20-23,30-41,75-79H,24-29,42H2,1-19H3. The first kappa shape index (κ1) is 59.5. The predicted molar refractivity (Wildman–Crippen MR) is 332 cm³/mol. The highest BCUT2D eigenvalue weighted by Gasteiger charge is 2.30. The van der Waals surface area contributed by atoms with E-state index in [9.17, 15) is 25.5 Å². The molecule has 0 radical (unpaired) electrons. The van der Waals surface area contributed by atoms with Gasteiger partial charge in [-0.15, -0.1) is 0 Å². The molecule has 7 aromatic carbocycles. The average molecular weight is 1080 g/mol. The lowest BCUT2D eigenvalue weighted by molar-refractivity contribution is 0.300. The number of hydrogen-bond acceptors (Lipinski definition) is 6. The molecule has 1 aliphatic carbocycles. The molecular formula is C74H92O6. The second-order valence-electron chi connectivity index (χ2n) is 29.7. The van der Waals surface area contributed by atoms with Gasteiger partial charge in [-0.05, 0) is 145 Å². The largest absolute Gasteiger partial charge is 0.507 e. The van der Waals surface area contributed by atoms with Crippen molar-refractivity contribution in [2.24, 2.45) is 0 Å². The monoisotopic (exact) mass is 1080 g/mol. The molecule has 7 aromatic rings. The van der Waals surface area contributed by atoms with E-state index >= 15 is 0 Å². The molecule has 0 spiro atoms. The van der Waals surface area contributed by atoms with Gasteiger partial charge < -0.3 is 30.3 Å². The van der Waals surface area contributed by atoms with Crippen LogP contribution in [0.3, 0.4) is 0 Å². The number of benzene rings is 7. The van der Waals surface area contributed by atoms with Gasteiger partial charge in [-0.2, -0.15) is 0 Å². The van der Waals surface area contributed by atoms with Crippen molar-refractivity contribution >= 4 is 0 Å². The maximum absolute atomic E-state index is 12.8. The van der Waals surface area contributed by atoms with Crippen molar-refractivity contribution in [3.8, 4) is 34.5 Å². The third-order valence-electron chi connectivity index (χ3n) is 16.6. The summed E-state index contributed by atoms with van der Waals surface area (Å²) in [6.45, 7) is 41.7. The highest BCUT2D eigenvalue weighted by atomic mass is 16.5. The van der Waals surface area contributed by atoms with E-state index in [0.717, 1.165) is 66.8 Å². The molecule has 0 saturated carbocycles. The zero-order chi connectivity index (χ0) is 59.0. The molecule has 0 amide bonds. The molecule has 5 N–H and O–H groups in total. The summed E-state index contributed by atoms with van der Waals surface area (Å²) < 4.78 is 7.13. The number of hydrogen-bond donors (Lipinski definition) is 5. The second kappa shape index (κ2) is 21.3. The number of phenols is 5. The minimum atomic E-state index is -0.302. The van der Waals surface area contributed by atoms with E-state index in [2.05, 4.69) is 229 Å². The first-order valence-electron chi connectivity index (χ1n) is 29.0. The first-order chi connectivity index (χ1) is 36.8. The van der Waals surface area contributed by atoms with Crippen LogP contribution in [-0.2, 0) is 77.6 Å². The maximum atomic E-state index is 12.8. The van der Waals surface area contributed by atoms with E-state index in [1.165, 1.54) is 0 Å². The van der Waals surface area contributed by atoms with Gasteiger partial charge in [0.25, 0.3) is 0 Å². The number of fused-ring (bicyclic) bond motifs is 12. The highest BCUT2D eigenvalue weighted by Crippen LogP contribution is 2.45. The molecule has 8 rings (SSSR count). The fraction of sp³-hybridized carbons (Fsp3) is 0.432. The smallest absolute Gasteiger partial charge is 0.126 e. The summed E-state index contributed by atoms with van der Waals surface area (Å²) in [5.41, 5.74) is 15.5. The number of aryl methyl sites for hydroxylation is 1. The SMILES string of the molecule is Cc1ccc(COc2c3cc(C(C)(C)C)cc2Cc2cc(C(C)(C)C)cc(c2O)Cc2cc(C(C)(C)C)cc(c2O)Cc2cc(C(C)(C)C)cc(c2O)Cc2cc(C(C)(C)C)cc(c2O)Cc2cc(C(C)(C)C)cc(c2O)C3)cc1. The van der Waals surface area contributed by atoms with E-state index < -0.39 is 0 Å². The second-order valence-corrected chi connectivity index (χ2v) is 29.7. The van der Waals surface area contributed by atoms with Crippen molar-refractivity contribution in [3.63, 3.8) is 0 Å². The fourth-order valence-electron chi connectivity index (χ4n) is 11.0. The molecule has 424 valence electrons. The van der Waals surface area contributed by atoms with Gasteiger partial charge in [0.05, 0.1) is 0 Å². The summed E-state index contributed by atoms with van der Waals surface area (Å²) in [6, 6.07) is 33.8. The summed E-state index contributed by atoms with van der Waals surface area (Å²) in [6.07, 6.45) is 1.69. The van der Waals surface area contributed by atoms with Crippen LogP contribution in [0, 0.1) is 6.92 Å². The van der Waals surface area contributed by atoms with Crippen LogP contribution in [0.2, 0.25) is 0 Å². The molecular weight excluding hydrogens is 985 g/mol. The van der Waals surface area contributed by atoms with Crippen molar-refractivity contribution < 1.29 is 30.3 Å². The number of ether oxygens (including phenoxy) is 1. The minimum Gasteiger partial charge on any atom is -0.507 e. The normalized spacial score (nSPS) is 13.9. The Kier molecular flexibility index (Phi) is 15.9. The van der Waals surface area contributed by atoms with Gasteiger partial charge in [0.2, 0.25) is 0 Å². The zero-order valence-electron chi connectivity index (χ0n) is 51.8. The van der Waals surface area contributed by atoms with E-state index in [0.29, 0.717) is 69.7 Å². The molecule has 6 heteroatoms. The Bertz CT molecular complexity index is 3290. The Morgan fingerprint density at radius 1 is 0.287 bits per heavy atom. The quantitative estimate of drug-likeness (QED) is 0.121. The summed E-state index contributed by atoms with van der Waals surface area (Å²) in [4.78, 5) is 0. The van der Waals surface area contributed by atoms with E-state index in [-0.39, 0.29) is 86.9 Å². The summed E-state index contributed by atoms with van der Waals surface area (Å²) in [5.74, 6) is 1.43. The van der Waals surface area contributed by atoms with Gasteiger partial charge in [-0.25, -0.2) is 0 Å². The van der Waals surface area contributed by atoms with E-state index in [1.54, 1.807) is 0 Å². The zero-order valence-corrected chi connectivity index (χ0v) is 51.8. The minimum absolute atomic E-state index is 0.122. The summed E-state index contributed by atoms with van der Waals surface area (Å²) in [5, 5.41) is 63.6. The van der Waals surface area contributed by atoms with Gasteiger partial charge >= 0.3 is 0 Å². The molecule has 0 unspecified atom stereocenters. The Morgan fingerprint density at radius 3 is 0.650 bits per heavy atom. The predicted octanol–water partition coefficient (Wildman–Crippen LogP) is 17.7. The van der Waals surface area contributed by atoms with Gasteiger partial charge in [0.1, 0.15) is 41.1 Å². The molecule has 0 aliphatic heterocycles. The van der Waals surface area contributed by atoms with E-state index in [1.807, 2.05) is 0 Å². The third-order valence-corrected chi connectivity index (χ3v) is 16.6. The lowest BCUT2D eigenvalue weighted by atomic mass is 9.79. The molecule has 12 bridgehead atoms. The Labute approximate surface area is 480 Å². The fourth-order valence-corrected chi connectivity index (χ4v) is 11.0. The van der Waals surface area contributed by atoms with Gasteiger partial charge in [0, 0.05) is 38.5 Å². The maximum Gasteiger partial charge on any atom is 0.126 e. The van der Waals surface area contributed by atoms with E-state index in [4.69, 9.17) is 4.74 Å². The average Bonchev–Trinajstić information content (AvgIpc) is 3.42. The number of rotatable bonds is 3. The third kappa shape index (κ3) is 13.1. The van der Waals surface area contributed by atoms with Gasteiger partial charge in [-0.3, -0.25) is 0 Å². The summed E-state index contributed by atoms with van der Waals surface area (Å²) in [7, 11) is 0. The van der Waals surface area contributed by atoms with Gasteiger partial charge in [0.15, 0.2) is 0 Å². The van der Waals surface area contributed by atoms with Crippen LogP contribution >= 0.6 is 0 Å². The summed E-state index contributed by atoms with van der Waals surface area (Å²) >= 11 is 0. The van der Waals surface area contributed by atoms with Crippen LogP contribution < -0.4 is 4.74 Å². The molecule has 1 aliphatic rings. The Balaban J connectivity index is 1.47. The van der Waals surface area contributed by atoms with Crippen molar-refractivity contribution in [2.75, 3.05) is 0 Å². The van der Waals surface area contributed by atoms with Crippen LogP contribution in [0.4, 0.5) is 0 Å². The lowest BCUT2D eigenvalue weighted by Gasteiger charge is -2.27. The van der Waals surface area contributed by atoms with Crippen LogP contribution in [0.25, 0.3) is 0 Å². The highest BCUT2D eigenvalue weighted by molar-refractivity contribution is 5.61. The van der Waals surface area contributed by atoms with Crippen LogP contribution in [-0.4, -0.2) is 25.5 Å². The van der Waals surface area contributed by atoms with Crippen molar-refractivity contribution in [2.45, 2.75) is 209 Å². The number of aromatic hydroxyl groups is 5. The molecule has 0 saturated heterocycles. The van der Waals surface area contributed by atoms with Crippen molar-refractivity contribution in [3.05, 3.63) is 208 Å². The molecule has 0 atom stereocenters. The molecule has 0 fully saturated rings. The van der Waals surface area contributed by atoms with Crippen molar-refractivity contribution in [1.82, 2.24) is 0 Å². The molecule has 80 heavy (non-hydrogen) atoms. The molecule has 0 heterocycles. The van der Waals surface area contributed by atoms with Crippen LogP contribution in [0.5, 0.6) is 34.5 Å². The molecule has 0 aromatic heterocycles.